The lowest BCUT2D eigenvalue weighted by Crippen LogP contribution is -2.38. The molecule has 26 heavy (non-hydrogen) atoms. The Balaban J connectivity index is 0.00000338. The molecular formula is C18H26FIN4S2. The van der Waals surface area contributed by atoms with Gasteiger partial charge < -0.3 is 10.6 Å². The van der Waals surface area contributed by atoms with Crippen LogP contribution in [-0.2, 0) is 18.7 Å². The Morgan fingerprint density at radius 2 is 2.12 bits per heavy atom. The number of aliphatic imine (C=N–C) groups is 1. The maximum Gasteiger partial charge on any atom is 0.191 e. The number of hydrogen-bond acceptors (Lipinski definition) is 4. The zero-order valence-corrected chi connectivity index (χ0v) is 19.3. The maximum atomic E-state index is 13.4. The quantitative estimate of drug-likeness (QED) is 0.316. The second kappa shape index (κ2) is 12.5. The minimum Gasteiger partial charge on any atom is -0.357 e. The normalized spacial score (nSPS) is 11.2. The molecule has 0 amide bonds. The van der Waals surface area contributed by atoms with E-state index in [-0.39, 0.29) is 29.8 Å². The van der Waals surface area contributed by atoms with Crippen LogP contribution in [0.15, 0.2) is 29.4 Å². The van der Waals surface area contributed by atoms with Crippen LogP contribution in [0.1, 0.15) is 27.9 Å². The Morgan fingerprint density at radius 1 is 1.31 bits per heavy atom. The number of aromatic nitrogens is 1. The first-order valence-electron chi connectivity index (χ1n) is 8.32. The molecule has 2 aromatic rings. The Hall–Kier alpha value is -0.870. The van der Waals surface area contributed by atoms with Gasteiger partial charge in [-0.2, -0.15) is 11.8 Å². The first kappa shape index (κ1) is 23.2. The Kier molecular flexibility index (Phi) is 11.1. The predicted octanol–water partition coefficient (Wildman–Crippen LogP) is 4.37. The Bertz CT molecular complexity index is 706. The molecule has 0 saturated heterocycles. The second-order valence-corrected chi connectivity index (χ2v) is 7.77. The van der Waals surface area contributed by atoms with Crippen molar-refractivity contribution in [1.82, 2.24) is 15.6 Å². The van der Waals surface area contributed by atoms with Crippen molar-refractivity contribution >= 4 is 53.0 Å². The van der Waals surface area contributed by atoms with E-state index in [4.69, 9.17) is 0 Å². The van der Waals surface area contributed by atoms with Gasteiger partial charge in [0, 0.05) is 36.3 Å². The third kappa shape index (κ3) is 7.79. The summed E-state index contributed by atoms with van der Waals surface area (Å²) in [5, 5.41) is 7.71. The van der Waals surface area contributed by atoms with Crippen LogP contribution in [0.4, 0.5) is 4.39 Å². The van der Waals surface area contributed by atoms with Gasteiger partial charge in [-0.15, -0.1) is 35.3 Å². The molecule has 8 heteroatoms. The Labute approximate surface area is 180 Å². The van der Waals surface area contributed by atoms with E-state index in [0.29, 0.717) is 6.54 Å². The number of nitrogens with one attached hydrogen (secondary N) is 2. The monoisotopic (exact) mass is 508 g/mol. The molecule has 0 saturated carbocycles. The van der Waals surface area contributed by atoms with Gasteiger partial charge in [0.05, 0.1) is 11.6 Å². The summed E-state index contributed by atoms with van der Waals surface area (Å²) in [7, 11) is 0. The summed E-state index contributed by atoms with van der Waals surface area (Å²) in [5.74, 6) is 1.37. The van der Waals surface area contributed by atoms with Crippen LogP contribution in [0.2, 0.25) is 0 Å². The molecule has 1 heterocycles. The second-order valence-electron chi connectivity index (χ2n) is 5.58. The minimum atomic E-state index is -0.194. The van der Waals surface area contributed by atoms with Crippen molar-refractivity contribution in [3.05, 3.63) is 51.2 Å². The zero-order valence-electron chi connectivity index (χ0n) is 15.3. The van der Waals surface area contributed by atoms with Gasteiger partial charge in [0.2, 0.25) is 0 Å². The predicted molar refractivity (Wildman–Crippen MR) is 122 cm³/mol. The van der Waals surface area contributed by atoms with Crippen LogP contribution in [0, 0.1) is 12.7 Å². The van der Waals surface area contributed by atoms with E-state index < -0.39 is 0 Å². The van der Waals surface area contributed by atoms with Gasteiger partial charge in [-0.1, -0.05) is 6.07 Å². The number of hydrogen-bond donors (Lipinski definition) is 2. The number of guanidine groups is 1. The molecule has 0 aliphatic heterocycles. The molecule has 0 bridgehead atoms. The van der Waals surface area contributed by atoms with Gasteiger partial charge >= 0.3 is 0 Å². The molecule has 0 fully saturated rings. The molecule has 2 rings (SSSR count). The summed E-state index contributed by atoms with van der Waals surface area (Å²) in [5.41, 5.74) is 2.06. The molecule has 0 aliphatic carbocycles. The molecule has 0 atom stereocenters. The summed E-state index contributed by atoms with van der Waals surface area (Å²) in [6.07, 6.45) is 4.79. The van der Waals surface area contributed by atoms with E-state index in [1.807, 2.05) is 25.4 Å². The highest BCUT2D eigenvalue weighted by atomic mass is 127. The number of rotatable bonds is 8. The fraction of sp³-hybridized carbons (Fsp3) is 0.444. The van der Waals surface area contributed by atoms with E-state index in [9.17, 15) is 4.39 Å². The lowest BCUT2D eigenvalue weighted by molar-refractivity contribution is 0.625. The van der Waals surface area contributed by atoms with Crippen molar-refractivity contribution in [2.45, 2.75) is 32.6 Å². The smallest absolute Gasteiger partial charge is 0.191 e. The highest BCUT2D eigenvalue weighted by Gasteiger charge is 2.05. The van der Waals surface area contributed by atoms with Crippen LogP contribution in [0.5, 0.6) is 0 Å². The largest absolute Gasteiger partial charge is 0.357 e. The number of nitrogens with zero attached hydrogens (tertiary/aromatic N) is 2. The van der Waals surface area contributed by atoms with Crippen LogP contribution in [0.25, 0.3) is 0 Å². The topological polar surface area (TPSA) is 49.3 Å². The van der Waals surface area contributed by atoms with E-state index >= 15 is 0 Å². The number of thiazole rings is 1. The van der Waals surface area contributed by atoms with Crippen LogP contribution in [-0.4, -0.2) is 30.3 Å². The maximum absolute atomic E-state index is 13.4. The van der Waals surface area contributed by atoms with Gasteiger partial charge in [-0.3, -0.25) is 0 Å². The first-order chi connectivity index (χ1) is 12.1. The van der Waals surface area contributed by atoms with Gasteiger partial charge in [0.15, 0.2) is 5.96 Å². The molecule has 1 aromatic heterocycles. The van der Waals surface area contributed by atoms with Gasteiger partial charge in [0.25, 0.3) is 0 Å². The van der Waals surface area contributed by atoms with E-state index in [0.717, 1.165) is 47.4 Å². The molecule has 0 aliphatic rings. The van der Waals surface area contributed by atoms with Crippen molar-refractivity contribution in [2.24, 2.45) is 4.99 Å². The fourth-order valence-corrected chi connectivity index (χ4v) is 3.72. The van der Waals surface area contributed by atoms with E-state index in [1.54, 1.807) is 29.2 Å². The highest BCUT2D eigenvalue weighted by Crippen LogP contribution is 2.17. The average molecular weight is 508 g/mol. The third-order valence-corrected chi connectivity index (χ3v) is 5.09. The zero-order chi connectivity index (χ0) is 18.1. The summed E-state index contributed by atoms with van der Waals surface area (Å²) < 4.78 is 13.4. The van der Waals surface area contributed by atoms with Crippen molar-refractivity contribution in [3.8, 4) is 0 Å². The summed E-state index contributed by atoms with van der Waals surface area (Å²) in [4.78, 5) is 10.2. The molecule has 2 N–H and O–H groups in total. The average Bonchev–Trinajstić information content (AvgIpc) is 2.99. The van der Waals surface area contributed by atoms with Crippen LogP contribution in [0.3, 0.4) is 0 Å². The lowest BCUT2D eigenvalue weighted by atomic mass is 10.1. The van der Waals surface area contributed by atoms with Crippen molar-refractivity contribution in [1.29, 1.82) is 0 Å². The molecular weight excluding hydrogens is 482 g/mol. The molecule has 144 valence electrons. The summed E-state index contributed by atoms with van der Waals surface area (Å²) >= 11 is 3.41. The molecule has 1 aromatic carbocycles. The van der Waals surface area contributed by atoms with Crippen molar-refractivity contribution in [2.75, 3.05) is 19.3 Å². The SMILES string of the molecule is CCNC(=NCc1ccc(F)cc1CSC)NCCc1ncc(C)s1.I. The van der Waals surface area contributed by atoms with Crippen molar-refractivity contribution < 1.29 is 4.39 Å². The Morgan fingerprint density at radius 3 is 2.77 bits per heavy atom. The molecule has 4 nitrogen and oxygen atoms in total. The van der Waals surface area contributed by atoms with Crippen LogP contribution < -0.4 is 10.6 Å². The number of halogens is 2. The number of benzene rings is 1. The first-order valence-corrected chi connectivity index (χ1v) is 10.5. The standard InChI is InChI=1S/C18H25FN4S2.HI/c1-4-20-18(21-8-7-17-22-10-13(2)25-17)23-11-14-5-6-16(19)9-15(14)12-24-3;/h5-6,9-10H,4,7-8,11-12H2,1-3H3,(H2,20,21,23);1H. The number of thioether (sulfide) groups is 1. The lowest BCUT2D eigenvalue weighted by Gasteiger charge is -2.12. The van der Waals surface area contributed by atoms with E-state index in [1.165, 1.54) is 10.9 Å². The van der Waals surface area contributed by atoms with Crippen molar-refractivity contribution in [3.63, 3.8) is 0 Å². The van der Waals surface area contributed by atoms with Gasteiger partial charge in [-0.25, -0.2) is 14.4 Å². The molecule has 0 unspecified atom stereocenters. The minimum absolute atomic E-state index is 0. The summed E-state index contributed by atoms with van der Waals surface area (Å²) in [6.45, 7) is 6.21. The van der Waals surface area contributed by atoms with E-state index in [2.05, 4.69) is 27.5 Å². The third-order valence-electron chi connectivity index (χ3n) is 3.52. The molecule has 0 radical (unpaired) electrons. The highest BCUT2D eigenvalue weighted by molar-refractivity contribution is 14.0. The van der Waals surface area contributed by atoms with Gasteiger partial charge in [-0.05, 0) is 43.4 Å². The number of aryl methyl sites for hydroxylation is 1. The van der Waals surface area contributed by atoms with Gasteiger partial charge in [0.1, 0.15) is 5.82 Å². The summed E-state index contributed by atoms with van der Waals surface area (Å²) in [6, 6.07) is 4.93. The van der Waals surface area contributed by atoms with Crippen LogP contribution >= 0.6 is 47.1 Å². The fourth-order valence-electron chi connectivity index (χ4n) is 2.35. The molecule has 0 spiro atoms.